The van der Waals surface area contributed by atoms with E-state index in [0.717, 1.165) is 25.0 Å². The van der Waals surface area contributed by atoms with Gasteiger partial charge >= 0.3 is 0 Å². The number of thioether (sulfide) groups is 1. The second-order valence-electron chi connectivity index (χ2n) is 4.76. The molecule has 1 aromatic rings. The van der Waals surface area contributed by atoms with Gasteiger partial charge in [0.1, 0.15) is 0 Å². The molecule has 0 aliphatic heterocycles. The molecule has 1 aliphatic rings. The Morgan fingerprint density at radius 3 is 2.95 bits per heavy atom. The maximum Gasteiger partial charge on any atom is 0.260 e. The zero-order chi connectivity index (χ0) is 14.6. The lowest BCUT2D eigenvalue weighted by Gasteiger charge is -2.20. The van der Waals surface area contributed by atoms with Crippen molar-refractivity contribution in [1.29, 1.82) is 0 Å². The molecule has 112 valence electrons. The van der Waals surface area contributed by atoms with Gasteiger partial charge in [0.15, 0.2) is 5.03 Å². The van der Waals surface area contributed by atoms with Crippen molar-refractivity contribution in [1.82, 2.24) is 9.71 Å². The number of nitrogens with one attached hydrogen (secondary N) is 2. The van der Waals surface area contributed by atoms with E-state index in [1.165, 1.54) is 6.20 Å². The van der Waals surface area contributed by atoms with Crippen LogP contribution in [0.2, 0.25) is 0 Å². The van der Waals surface area contributed by atoms with Crippen LogP contribution in [0, 0.1) is 0 Å². The van der Waals surface area contributed by atoms with Crippen LogP contribution in [0.3, 0.4) is 0 Å². The van der Waals surface area contributed by atoms with Crippen LogP contribution in [-0.4, -0.2) is 37.5 Å². The molecule has 2 atom stereocenters. The number of sulfonamides is 1. The summed E-state index contributed by atoms with van der Waals surface area (Å²) in [7, 11) is -1.88. The summed E-state index contributed by atoms with van der Waals surface area (Å²) in [5, 5.41) is 3.33. The number of anilines is 1. The third kappa shape index (κ3) is 3.45. The topological polar surface area (TPSA) is 71.1 Å². The molecule has 0 radical (unpaired) electrons. The predicted octanol–water partition coefficient (Wildman–Crippen LogP) is 2.08. The molecule has 1 aliphatic carbocycles. The Labute approximate surface area is 125 Å². The zero-order valence-corrected chi connectivity index (χ0v) is 13.4. The minimum Gasteiger partial charge on any atom is -0.386 e. The van der Waals surface area contributed by atoms with Gasteiger partial charge < -0.3 is 5.32 Å². The quantitative estimate of drug-likeness (QED) is 0.841. The number of hydrogen-bond donors (Lipinski definition) is 2. The van der Waals surface area contributed by atoms with Gasteiger partial charge in [-0.05, 0) is 30.7 Å². The fraction of sp³-hybridized carbons (Fsp3) is 0.615. The number of pyridine rings is 1. The molecule has 2 N–H and O–H groups in total. The summed E-state index contributed by atoms with van der Waals surface area (Å²) in [4.78, 5) is 4.01. The monoisotopic (exact) mass is 315 g/mol. The van der Waals surface area contributed by atoms with E-state index in [9.17, 15) is 8.42 Å². The van der Waals surface area contributed by atoms with Gasteiger partial charge in [0.25, 0.3) is 10.0 Å². The van der Waals surface area contributed by atoms with Gasteiger partial charge in [-0.15, -0.1) is 0 Å². The Bertz CT molecular complexity index is 548. The summed E-state index contributed by atoms with van der Waals surface area (Å²) in [6.45, 7) is 2.10. The van der Waals surface area contributed by atoms with Crippen LogP contribution in [0.4, 0.5) is 5.69 Å². The summed E-state index contributed by atoms with van der Waals surface area (Å²) in [6.07, 6.45) is 4.56. The normalized spacial score (nSPS) is 22.9. The van der Waals surface area contributed by atoms with Crippen LogP contribution in [0.25, 0.3) is 0 Å². The minimum absolute atomic E-state index is 0.0108. The Kier molecular flexibility index (Phi) is 5.29. The van der Waals surface area contributed by atoms with Crippen LogP contribution in [0.15, 0.2) is 23.4 Å². The van der Waals surface area contributed by atoms with Crippen LogP contribution < -0.4 is 10.0 Å². The standard InChI is InChI=1S/C13H21N3O2S2/c1-3-19-12-8-4-6-10(12)16-20(17,18)13-11(14-2)7-5-9-15-13/h5,7,9-10,12,14,16H,3-4,6,8H2,1-2H3. The maximum absolute atomic E-state index is 12.5. The highest BCUT2D eigenvalue weighted by Gasteiger charge is 2.32. The highest BCUT2D eigenvalue weighted by molar-refractivity contribution is 8.00. The molecule has 0 saturated heterocycles. The van der Waals surface area contributed by atoms with Crippen LogP contribution >= 0.6 is 11.8 Å². The van der Waals surface area contributed by atoms with Gasteiger partial charge in [0.05, 0.1) is 5.69 Å². The van der Waals surface area contributed by atoms with Crippen LogP contribution in [-0.2, 0) is 10.0 Å². The van der Waals surface area contributed by atoms with Crippen molar-refractivity contribution >= 4 is 27.5 Å². The number of nitrogens with zero attached hydrogens (tertiary/aromatic N) is 1. The molecule has 0 bridgehead atoms. The molecule has 20 heavy (non-hydrogen) atoms. The molecule has 2 rings (SSSR count). The first-order valence-electron chi connectivity index (χ1n) is 6.85. The summed E-state index contributed by atoms with van der Waals surface area (Å²) in [5.41, 5.74) is 0.526. The van der Waals surface area contributed by atoms with E-state index in [0.29, 0.717) is 10.9 Å². The van der Waals surface area contributed by atoms with E-state index in [1.807, 2.05) is 11.8 Å². The Morgan fingerprint density at radius 2 is 2.25 bits per heavy atom. The Balaban J connectivity index is 2.18. The predicted molar refractivity (Wildman–Crippen MR) is 83.7 cm³/mol. The van der Waals surface area contributed by atoms with Gasteiger partial charge in [0, 0.05) is 24.5 Å². The zero-order valence-electron chi connectivity index (χ0n) is 11.8. The fourth-order valence-electron chi connectivity index (χ4n) is 2.52. The average molecular weight is 315 g/mol. The van der Waals surface area contributed by atoms with E-state index in [-0.39, 0.29) is 11.1 Å². The summed E-state index contributed by atoms with van der Waals surface area (Å²) < 4.78 is 27.8. The molecule has 1 saturated carbocycles. The molecular weight excluding hydrogens is 294 g/mol. The molecule has 0 spiro atoms. The number of rotatable bonds is 6. The lowest BCUT2D eigenvalue weighted by Crippen LogP contribution is -2.39. The van der Waals surface area contributed by atoms with Gasteiger partial charge in [-0.3, -0.25) is 0 Å². The van der Waals surface area contributed by atoms with E-state index >= 15 is 0 Å². The smallest absolute Gasteiger partial charge is 0.260 e. The summed E-state index contributed by atoms with van der Waals surface area (Å²) >= 11 is 1.83. The van der Waals surface area contributed by atoms with Gasteiger partial charge in [0.2, 0.25) is 0 Å². The molecule has 7 heteroatoms. The van der Waals surface area contributed by atoms with Crippen molar-refractivity contribution in [3.63, 3.8) is 0 Å². The molecule has 2 unspecified atom stereocenters. The lowest BCUT2D eigenvalue weighted by molar-refractivity contribution is 0.552. The van der Waals surface area contributed by atoms with E-state index < -0.39 is 10.0 Å². The SMILES string of the molecule is CCSC1CCCC1NS(=O)(=O)c1ncccc1NC. The second-order valence-corrected chi connectivity index (χ2v) is 7.90. The van der Waals surface area contributed by atoms with Crippen LogP contribution in [0.1, 0.15) is 26.2 Å². The molecular formula is C13H21N3O2S2. The van der Waals surface area contributed by atoms with Crippen LogP contribution in [0.5, 0.6) is 0 Å². The van der Waals surface area contributed by atoms with E-state index in [4.69, 9.17) is 0 Å². The average Bonchev–Trinajstić information content (AvgIpc) is 2.86. The molecule has 5 nitrogen and oxygen atoms in total. The Morgan fingerprint density at radius 1 is 1.45 bits per heavy atom. The van der Waals surface area contributed by atoms with Gasteiger partial charge in [-0.25, -0.2) is 18.1 Å². The summed E-state index contributed by atoms with van der Waals surface area (Å²) in [5.74, 6) is 1.01. The van der Waals surface area contributed by atoms with Crippen molar-refractivity contribution in [3.05, 3.63) is 18.3 Å². The first-order chi connectivity index (χ1) is 9.58. The molecule has 1 heterocycles. The van der Waals surface area contributed by atoms with Crippen molar-refractivity contribution in [2.45, 2.75) is 42.5 Å². The van der Waals surface area contributed by atoms with Crippen molar-refractivity contribution in [2.75, 3.05) is 18.1 Å². The molecule has 0 aromatic carbocycles. The Hall–Kier alpha value is -0.790. The largest absolute Gasteiger partial charge is 0.386 e. The third-order valence-electron chi connectivity index (χ3n) is 3.43. The number of aromatic nitrogens is 1. The van der Waals surface area contributed by atoms with Gasteiger partial charge in [-0.1, -0.05) is 13.3 Å². The van der Waals surface area contributed by atoms with E-state index in [2.05, 4.69) is 21.9 Å². The fourth-order valence-corrected chi connectivity index (χ4v) is 5.26. The van der Waals surface area contributed by atoms with Crippen molar-refractivity contribution in [2.24, 2.45) is 0 Å². The maximum atomic E-state index is 12.5. The highest BCUT2D eigenvalue weighted by atomic mass is 32.2. The third-order valence-corrected chi connectivity index (χ3v) is 6.21. The first kappa shape index (κ1) is 15.6. The van der Waals surface area contributed by atoms with Crippen molar-refractivity contribution < 1.29 is 8.42 Å². The van der Waals surface area contributed by atoms with Gasteiger partial charge in [-0.2, -0.15) is 11.8 Å². The second kappa shape index (κ2) is 6.78. The first-order valence-corrected chi connectivity index (χ1v) is 9.38. The minimum atomic E-state index is -3.57. The molecule has 0 amide bonds. The number of hydrogen-bond acceptors (Lipinski definition) is 5. The lowest BCUT2D eigenvalue weighted by atomic mass is 10.3. The molecule has 1 fully saturated rings. The summed E-state index contributed by atoms with van der Waals surface area (Å²) in [6, 6.07) is 3.45. The highest BCUT2D eigenvalue weighted by Crippen LogP contribution is 2.31. The van der Waals surface area contributed by atoms with Crippen molar-refractivity contribution in [3.8, 4) is 0 Å². The van der Waals surface area contributed by atoms with E-state index in [1.54, 1.807) is 19.2 Å². The molecule has 1 aromatic heterocycles.